The minimum atomic E-state index is -5.11. The van der Waals surface area contributed by atoms with Crippen molar-refractivity contribution in [1.82, 2.24) is 4.72 Å². The van der Waals surface area contributed by atoms with Gasteiger partial charge in [0.1, 0.15) is 16.3 Å². The van der Waals surface area contributed by atoms with Gasteiger partial charge in [0.15, 0.2) is 0 Å². The molecule has 27 heavy (non-hydrogen) atoms. The molecule has 0 aliphatic heterocycles. The Balaban J connectivity index is 3.34. The van der Waals surface area contributed by atoms with Crippen molar-refractivity contribution >= 4 is 28.7 Å². The molecule has 1 amide bonds. The maximum absolute atomic E-state index is 14.4. The van der Waals surface area contributed by atoms with E-state index in [1.165, 1.54) is 13.8 Å². The van der Waals surface area contributed by atoms with Gasteiger partial charge in [0.2, 0.25) is 0 Å². The van der Waals surface area contributed by atoms with Gasteiger partial charge in [-0.2, -0.15) is 13.2 Å². The lowest BCUT2D eigenvalue weighted by atomic mass is 9.87. The van der Waals surface area contributed by atoms with Crippen LogP contribution in [-0.2, 0) is 26.5 Å². The Morgan fingerprint density at radius 3 is 2.15 bits per heavy atom. The number of Topliss-reactive ketones (excluding diaryl/α,β-unsaturated/α-hetero) is 1. The minimum absolute atomic E-state index is 0.185. The fourth-order valence-electron chi connectivity index (χ4n) is 2.27. The van der Waals surface area contributed by atoms with E-state index in [4.69, 9.17) is 0 Å². The SMILES string of the molecule is CC(=O)C[C@](C)(N[S+]([O-])C(C)(C)C)c1cc(NC(=O)C(F)(F)F)ccc1F. The molecule has 0 saturated heterocycles. The summed E-state index contributed by atoms with van der Waals surface area (Å²) in [5.41, 5.74) is -1.95. The molecule has 10 heteroatoms. The van der Waals surface area contributed by atoms with E-state index in [0.29, 0.717) is 0 Å². The average molecular weight is 410 g/mol. The summed E-state index contributed by atoms with van der Waals surface area (Å²) in [6.45, 7) is 7.68. The van der Waals surface area contributed by atoms with Gasteiger partial charge >= 0.3 is 12.1 Å². The Labute approximate surface area is 158 Å². The number of ketones is 1. The van der Waals surface area contributed by atoms with Crippen molar-refractivity contribution < 1.29 is 31.7 Å². The van der Waals surface area contributed by atoms with E-state index < -0.39 is 39.5 Å². The standard InChI is InChI=1S/C17H22F4N2O3S/c1-10(24)9-16(5,23-27(26)15(2,3)4)12-8-11(6-7-13(12)18)22-14(25)17(19,20)21/h6-8,23H,9H2,1-5H3,(H,22,25)/t16-,27?/m0/s1. The molecular weight excluding hydrogens is 388 g/mol. The molecule has 0 radical (unpaired) electrons. The predicted octanol–water partition coefficient (Wildman–Crippen LogP) is 3.57. The van der Waals surface area contributed by atoms with E-state index in [0.717, 1.165) is 18.2 Å². The molecule has 0 fully saturated rings. The number of carbonyl (C=O) groups is 2. The Morgan fingerprint density at radius 2 is 1.70 bits per heavy atom. The van der Waals surface area contributed by atoms with Crippen molar-refractivity contribution in [3.8, 4) is 0 Å². The van der Waals surface area contributed by atoms with Crippen LogP contribution in [0.15, 0.2) is 18.2 Å². The molecule has 1 unspecified atom stereocenters. The maximum Gasteiger partial charge on any atom is 0.471 e. The highest BCUT2D eigenvalue weighted by molar-refractivity contribution is 7.90. The van der Waals surface area contributed by atoms with Gasteiger partial charge < -0.3 is 9.87 Å². The molecule has 152 valence electrons. The molecule has 0 saturated carbocycles. The number of hydrogen-bond donors (Lipinski definition) is 2. The Hall–Kier alpha value is -1.65. The zero-order chi connectivity index (χ0) is 21.2. The average Bonchev–Trinajstić information content (AvgIpc) is 2.46. The second-order valence-corrected chi connectivity index (χ2v) is 9.31. The first-order valence-corrected chi connectivity index (χ1v) is 9.08. The van der Waals surface area contributed by atoms with Crippen LogP contribution in [0.2, 0.25) is 0 Å². The van der Waals surface area contributed by atoms with Gasteiger partial charge in [-0.1, -0.05) is 0 Å². The van der Waals surface area contributed by atoms with Gasteiger partial charge in [-0.25, -0.2) is 4.39 Å². The first-order chi connectivity index (χ1) is 12.1. The predicted molar refractivity (Wildman–Crippen MR) is 94.8 cm³/mol. The van der Waals surface area contributed by atoms with Gasteiger partial charge in [-0.05, 0) is 52.8 Å². The first kappa shape index (κ1) is 23.4. The molecule has 0 aromatic heterocycles. The summed E-state index contributed by atoms with van der Waals surface area (Å²) in [7, 11) is 0. The largest absolute Gasteiger partial charge is 0.598 e. The lowest BCUT2D eigenvalue weighted by Gasteiger charge is -2.35. The van der Waals surface area contributed by atoms with Crippen LogP contribution < -0.4 is 10.0 Å². The first-order valence-electron chi connectivity index (χ1n) is 7.93. The van der Waals surface area contributed by atoms with E-state index >= 15 is 0 Å². The molecule has 0 bridgehead atoms. The molecule has 5 nitrogen and oxygen atoms in total. The number of rotatable bonds is 6. The van der Waals surface area contributed by atoms with Crippen molar-refractivity contribution in [1.29, 1.82) is 0 Å². The smallest absolute Gasteiger partial charge is 0.471 e. The van der Waals surface area contributed by atoms with Gasteiger partial charge in [0.25, 0.3) is 0 Å². The van der Waals surface area contributed by atoms with Crippen LogP contribution in [0.4, 0.5) is 23.2 Å². The molecule has 0 heterocycles. The number of hydrogen-bond acceptors (Lipinski definition) is 4. The number of benzene rings is 1. The summed E-state index contributed by atoms with van der Waals surface area (Å²) in [6.07, 6.45) is -5.37. The van der Waals surface area contributed by atoms with Crippen molar-refractivity contribution in [3.63, 3.8) is 0 Å². The Morgan fingerprint density at radius 1 is 1.15 bits per heavy atom. The zero-order valence-corrected chi connectivity index (χ0v) is 16.4. The van der Waals surface area contributed by atoms with Crippen LogP contribution in [0, 0.1) is 5.82 Å². The number of amides is 1. The third kappa shape index (κ3) is 6.47. The third-order valence-corrected chi connectivity index (χ3v) is 5.30. The molecule has 0 aliphatic carbocycles. The quantitative estimate of drug-likeness (QED) is 0.555. The summed E-state index contributed by atoms with van der Waals surface area (Å²) < 4.78 is 66.2. The van der Waals surface area contributed by atoms with Crippen molar-refractivity contribution in [2.45, 2.75) is 57.5 Å². The fraction of sp³-hybridized carbons (Fsp3) is 0.529. The number of alkyl halides is 3. The van der Waals surface area contributed by atoms with E-state index in [1.807, 2.05) is 0 Å². The lowest BCUT2D eigenvalue weighted by Crippen LogP contribution is -2.51. The van der Waals surface area contributed by atoms with Crippen LogP contribution in [-0.4, -0.2) is 27.2 Å². The van der Waals surface area contributed by atoms with Crippen LogP contribution in [0.5, 0.6) is 0 Å². The van der Waals surface area contributed by atoms with E-state index in [2.05, 4.69) is 4.72 Å². The topological polar surface area (TPSA) is 81.3 Å². The monoisotopic (exact) mass is 410 g/mol. The summed E-state index contributed by atoms with van der Waals surface area (Å²) in [5, 5.41) is 1.64. The fourth-order valence-corrected chi connectivity index (χ4v) is 3.17. The van der Waals surface area contributed by atoms with Crippen LogP contribution >= 0.6 is 0 Å². The molecule has 2 N–H and O–H groups in total. The molecule has 0 spiro atoms. The van der Waals surface area contributed by atoms with Crippen molar-refractivity contribution in [3.05, 3.63) is 29.6 Å². The zero-order valence-electron chi connectivity index (χ0n) is 15.6. The number of anilines is 1. The number of halogens is 4. The van der Waals surface area contributed by atoms with Gasteiger partial charge in [-0.3, -0.25) is 9.59 Å². The van der Waals surface area contributed by atoms with Crippen LogP contribution in [0.25, 0.3) is 0 Å². The van der Waals surface area contributed by atoms with Gasteiger partial charge in [-0.15, -0.1) is 4.72 Å². The van der Waals surface area contributed by atoms with Crippen molar-refractivity contribution in [2.75, 3.05) is 5.32 Å². The third-order valence-electron chi connectivity index (χ3n) is 3.55. The van der Waals surface area contributed by atoms with E-state index in [1.54, 1.807) is 26.1 Å². The second-order valence-electron chi connectivity index (χ2n) is 7.34. The molecular formula is C17H22F4N2O3S. The minimum Gasteiger partial charge on any atom is -0.598 e. The summed E-state index contributed by atoms with van der Waals surface area (Å²) >= 11 is -1.70. The summed E-state index contributed by atoms with van der Waals surface area (Å²) in [4.78, 5) is 22.8. The molecule has 0 aliphatic rings. The number of carbonyl (C=O) groups excluding carboxylic acids is 2. The van der Waals surface area contributed by atoms with Gasteiger partial charge in [0.05, 0.1) is 5.54 Å². The summed E-state index contributed by atoms with van der Waals surface area (Å²) in [5.74, 6) is -3.37. The normalized spacial score (nSPS) is 15.8. The van der Waals surface area contributed by atoms with E-state index in [9.17, 15) is 31.7 Å². The van der Waals surface area contributed by atoms with Crippen LogP contribution in [0.1, 0.15) is 46.6 Å². The van der Waals surface area contributed by atoms with Gasteiger partial charge in [0, 0.05) is 29.0 Å². The highest BCUT2D eigenvalue weighted by Gasteiger charge is 2.41. The Kier molecular flexibility index (Phi) is 7.06. The summed E-state index contributed by atoms with van der Waals surface area (Å²) in [6, 6.07) is 2.84. The lowest BCUT2D eigenvalue weighted by molar-refractivity contribution is -0.167. The highest BCUT2D eigenvalue weighted by Crippen LogP contribution is 2.33. The maximum atomic E-state index is 14.4. The second kappa shape index (κ2) is 8.15. The van der Waals surface area contributed by atoms with Crippen molar-refractivity contribution in [2.24, 2.45) is 0 Å². The Bertz CT molecular complexity index is 719. The molecule has 1 aromatic carbocycles. The molecule has 2 atom stereocenters. The van der Waals surface area contributed by atoms with E-state index in [-0.39, 0.29) is 23.5 Å². The van der Waals surface area contributed by atoms with Crippen LogP contribution in [0.3, 0.4) is 0 Å². The highest BCUT2D eigenvalue weighted by atomic mass is 32.2. The molecule has 1 aromatic rings. The molecule has 1 rings (SSSR count). The number of nitrogens with one attached hydrogen (secondary N) is 2.